The fraction of sp³-hybridized carbons (Fsp3) is 0.562. The SMILES string of the molecule is O=C(CC1CS(=O)(=O)CCN1)c1ccc(C2CCC2)cc1. The van der Waals surface area contributed by atoms with Crippen molar-refractivity contribution in [2.75, 3.05) is 18.1 Å². The zero-order chi connectivity index (χ0) is 14.9. The Morgan fingerprint density at radius 2 is 1.90 bits per heavy atom. The van der Waals surface area contributed by atoms with Crippen molar-refractivity contribution in [1.29, 1.82) is 0 Å². The smallest absolute Gasteiger partial charge is 0.164 e. The Morgan fingerprint density at radius 1 is 1.19 bits per heavy atom. The number of hydrogen-bond donors (Lipinski definition) is 1. The number of ketones is 1. The zero-order valence-electron chi connectivity index (χ0n) is 12.0. The predicted octanol–water partition coefficient (Wildman–Crippen LogP) is 1.91. The molecule has 1 saturated heterocycles. The van der Waals surface area contributed by atoms with Crippen molar-refractivity contribution in [2.24, 2.45) is 0 Å². The number of benzene rings is 1. The minimum absolute atomic E-state index is 0.0183. The van der Waals surface area contributed by atoms with Gasteiger partial charge in [-0.1, -0.05) is 30.7 Å². The van der Waals surface area contributed by atoms with Crippen LogP contribution in [0.25, 0.3) is 0 Å². The van der Waals surface area contributed by atoms with Crippen LogP contribution >= 0.6 is 0 Å². The summed E-state index contributed by atoms with van der Waals surface area (Å²) in [7, 11) is -2.99. The normalized spacial score (nSPS) is 25.2. The highest BCUT2D eigenvalue weighted by Crippen LogP contribution is 2.36. The van der Waals surface area contributed by atoms with E-state index in [1.165, 1.54) is 24.8 Å². The van der Waals surface area contributed by atoms with Crippen LogP contribution in [0.4, 0.5) is 0 Å². The first-order chi connectivity index (χ1) is 10.0. The summed E-state index contributed by atoms with van der Waals surface area (Å²) in [4.78, 5) is 12.3. The maximum atomic E-state index is 12.3. The molecule has 1 heterocycles. The average molecular weight is 307 g/mol. The Labute approximate surface area is 125 Å². The molecule has 21 heavy (non-hydrogen) atoms. The Morgan fingerprint density at radius 3 is 2.48 bits per heavy atom. The fourth-order valence-electron chi connectivity index (χ4n) is 3.02. The van der Waals surface area contributed by atoms with Crippen LogP contribution in [0.15, 0.2) is 24.3 Å². The minimum Gasteiger partial charge on any atom is -0.312 e. The van der Waals surface area contributed by atoms with Gasteiger partial charge in [0.2, 0.25) is 0 Å². The lowest BCUT2D eigenvalue weighted by molar-refractivity contribution is 0.0972. The van der Waals surface area contributed by atoms with Gasteiger partial charge in [0, 0.05) is 24.6 Å². The minimum atomic E-state index is -2.99. The molecule has 4 nitrogen and oxygen atoms in total. The third-order valence-electron chi connectivity index (χ3n) is 4.54. The monoisotopic (exact) mass is 307 g/mol. The van der Waals surface area contributed by atoms with Gasteiger partial charge in [-0.05, 0) is 24.3 Å². The molecule has 1 N–H and O–H groups in total. The number of rotatable bonds is 4. The maximum absolute atomic E-state index is 12.3. The van der Waals surface area contributed by atoms with Crippen molar-refractivity contribution in [3.63, 3.8) is 0 Å². The maximum Gasteiger partial charge on any atom is 0.164 e. The van der Waals surface area contributed by atoms with Gasteiger partial charge in [0.1, 0.15) is 0 Å². The van der Waals surface area contributed by atoms with Gasteiger partial charge in [-0.2, -0.15) is 0 Å². The third-order valence-corrected chi connectivity index (χ3v) is 6.28. The van der Waals surface area contributed by atoms with E-state index in [0.717, 1.165) is 0 Å². The van der Waals surface area contributed by atoms with Crippen LogP contribution in [0, 0.1) is 0 Å². The summed E-state index contributed by atoms with van der Waals surface area (Å²) in [5.41, 5.74) is 2.00. The molecule has 114 valence electrons. The van der Waals surface area contributed by atoms with Gasteiger partial charge < -0.3 is 5.32 Å². The van der Waals surface area contributed by atoms with E-state index < -0.39 is 9.84 Å². The van der Waals surface area contributed by atoms with Gasteiger partial charge in [0.15, 0.2) is 15.6 Å². The first-order valence-corrected chi connectivity index (χ1v) is 9.42. The van der Waals surface area contributed by atoms with Gasteiger partial charge in [0.25, 0.3) is 0 Å². The molecule has 1 atom stereocenters. The molecule has 1 aliphatic carbocycles. The van der Waals surface area contributed by atoms with E-state index in [1.54, 1.807) is 0 Å². The molecule has 2 aliphatic rings. The van der Waals surface area contributed by atoms with Crippen LogP contribution in [0.2, 0.25) is 0 Å². The number of carbonyl (C=O) groups is 1. The van der Waals surface area contributed by atoms with E-state index in [4.69, 9.17) is 0 Å². The van der Waals surface area contributed by atoms with Crippen molar-refractivity contribution < 1.29 is 13.2 Å². The first kappa shape index (κ1) is 14.7. The van der Waals surface area contributed by atoms with E-state index in [2.05, 4.69) is 5.32 Å². The lowest BCUT2D eigenvalue weighted by atomic mass is 9.80. The van der Waals surface area contributed by atoms with E-state index in [-0.39, 0.29) is 29.8 Å². The van der Waals surface area contributed by atoms with Crippen molar-refractivity contribution in [3.8, 4) is 0 Å². The molecule has 0 aromatic heterocycles. The molecule has 0 spiro atoms. The second kappa shape index (κ2) is 5.89. The zero-order valence-corrected chi connectivity index (χ0v) is 12.9. The summed E-state index contributed by atoms with van der Waals surface area (Å²) >= 11 is 0. The number of hydrogen-bond acceptors (Lipinski definition) is 4. The summed E-state index contributed by atoms with van der Waals surface area (Å²) in [6.07, 6.45) is 4.05. The Balaban J connectivity index is 1.62. The van der Waals surface area contributed by atoms with Gasteiger partial charge in [-0.25, -0.2) is 8.42 Å². The molecule has 5 heteroatoms. The molecular formula is C16H21NO3S. The standard InChI is InChI=1S/C16H21NO3S/c18-16(10-15-11-21(19,20)9-8-17-15)14-6-4-13(5-7-14)12-2-1-3-12/h4-7,12,15,17H,1-3,8-11H2. The van der Waals surface area contributed by atoms with Gasteiger partial charge in [0.05, 0.1) is 11.5 Å². The van der Waals surface area contributed by atoms with Crippen LogP contribution in [0.5, 0.6) is 0 Å². The number of sulfone groups is 1. The van der Waals surface area contributed by atoms with Crippen LogP contribution in [-0.2, 0) is 9.84 Å². The molecule has 2 fully saturated rings. The molecular weight excluding hydrogens is 286 g/mol. The third kappa shape index (κ3) is 3.52. The van der Waals surface area contributed by atoms with Crippen LogP contribution < -0.4 is 5.32 Å². The quantitative estimate of drug-likeness (QED) is 0.863. The van der Waals surface area contributed by atoms with Crippen molar-refractivity contribution in [2.45, 2.75) is 37.6 Å². The molecule has 3 rings (SSSR count). The van der Waals surface area contributed by atoms with E-state index in [1.807, 2.05) is 24.3 Å². The van der Waals surface area contributed by atoms with Gasteiger partial charge >= 0.3 is 0 Å². The summed E-state index contributed by atoms with van der Waals surface area (Å²) in [6.45, 7) is 0.445. The Kier molecular flexibility index (Phi) is 4.13. The average Bonchev–Trinajstić information content (AvgIpc) is 2.36. The number of nitrogens with one attached hydrogen (secondary N) is 1. The fourth-order valence-corrected chi connectivity index (χ4v) is 4.47. The molecule has 1 unspecified atom stereocenters. The molecule has 1 aromatic carbocycles. The summed E-state index contributed by atoms with van der Waals surface area (Å²) in [5, 5.41) is 3.12. The molecule has 0 amide bonds. The van der Waals surface area contributed by atoms with Crippen molar-refractivity contribution in [3.05, 3.63) is 35.4 Å². The van der Waals surface area contributed by atoms with Gasteiger partial charge in [-0.3, -0.25) is 4.79 Å². The second-order valence-electron chi connectivity index (χ2n) is 6.14. The number of Topliss-reactive ketones (excluding diaryl/α,β-unsaturated/α-hetero) is 1. The van der Waals surface area contributed by atoms with E-state index in [9.17, 15) is 13.2 Å². The summed E-state index contributed by atoms with van der Waals surface area (Å²) in [6, 6.07) is 7.60. The first-order valence-electron chi connectivity index (χ1n) is 7.60. The van der Waals surface area contributed by atoms with Crippen LogP contribution in [0.3, 0.4) is 0 Å². The second-order valence-corrected chi connectivity index (χ2v) is 8.37. The highest BCUT2D eigenvalue weighted by Gasteiger charge is 2.26. The lowest BCUT2D eigenvalue weighted by Crippen LogP contribution is -2.45. The molecule has 1 aromatic rings. The lowest BCUT2D eigenvalue weighted by Gasteiger charge is -2.26. The molecule has 1 aliphatic heterocycles. The van der Waals surface area contributed by atoms with Gasteiger partial charge in [-0.15, -0.1) is 0 Å². The largest absolute Gasteiger partial charge is 0.312 e. The highest BCUT2D eigenvalue weighted by molar-refractivity contribution is 7.91. The predicted molar refractivity (Wildman–Crippen MR) is 82.4 cm³/mol. The highest BCUT2D eigenvalue weighted by atomic mass is 32.2. The molecule has 0 bridgehead atoms. The number of carbonyl (C=O) groups excluding carboxylic acids is 1. The molecule has 1 saturated carbocycles. The summed E-state index contributed by atoms with van der Waals surface area (Å²) < 4.78 is 23.2. The summed E-state index contributed by atoms with van der Waals surface area (Å²) in [5.74, 6) is 0.927. The topological polar surface area (TPSA) is 63.2 Å². The Bertz CT molecular complexity index is 617. The van der Waals surface area contributed by atoms with E-state index >= 15 is 0 Å². The Hall–Kier alpha value is -1.20. The van der Waals surface area contributed by atoms with Crippen LogP contribution in [0.1, 0.15) is 47.5 Å². The van der Waals surface area contributed by atoms with E-state index in [0.29, 0.717) is 18.0 Å². The van der Waals surface area contributed by atoms with Crippen LogP contribution in [-0.4, -0.2) is 38.3 Å². The molecule has 0 radical (unpaired) electrons. The van der Waals surface area contributed by atoms with Crippen molar-refractivity contribution in [1.82, 2.24) is 5.32 Å². The van der Waals surface area contributed by atoms with Crippen molar-refractivity contribution >= 4 is 15.6 Å².